The fourth-order valence-electron chi connectivity index (χ4n) is 4.15. The number of hydrogen-bond acceptors (Lipinski definition) is 7. The van der Waals surface area contributed by atoms with Gasteiger partial charge in [0.25, 0.3) is 5.91 Å². The molecule has 0 spiro atoms. The maximum atomic E-state index is 11.9. The third-order valence-electron chi connectivity index (χ3n) is 6.08. The van der Waals surface area contributed by atoms with Gasteiger partial charge in [0.15, 0.2) is 22.9 Å². The number of carbonyl (C=O) groups excluding carboxylic acids is 1. The molecule has 1 amide bonds. The molecule has 0 bridgehead atoms. The van der Waals surface area contributed by atoms with Gasteiger partial charge in [0.2, 0.25) is 0 Å². The summed E-state index contributed by atoms with van der Waals surface area (Å²) in [6, 6.07) is 19.5. The molecule has 8 nitrogen and oxygen atoms in total. The number of nitrogens with zero attached hydrogens (tertiary/aromatic N) is 2. The average Bonchev–Trinajstić information content (AvgIpc) is 3.33. The summed E-state index contributed by atoms with van der Waals surface area (Å²) in [4.78, 5) is 17.7. The Morgan fingerprint density at radius 3 is 2.54 bits per heavy atom. The van der Waals surface area contributed by atoms with Crippen molar-refractivity contribution in [1.82, 2.24) is 4.57 Å². The molecule has 0 atom stereocenters. The highest BCUT2D eigenvalue weighted by Crippen LogP contribution is 2.33. The van der Waals surface area contributed by atoms with Gasteiger partial charge in [0.1, 0.15) is 11.5 Å². The zero-order valence-corrected chi connectivity index (χ0v) is 21.6. The maximum Gasteiger partial charge on any atom is 0.262 e. The first kappa shape index (κ1) is 24.5. The van der Waals surface area contributed by atoms with Crippen LogP contribution in [0.1, 0.15) is 5.56 Å². The van der Waals surface area contributed by atoms with Gasteiger partial charge in [-0.25, -0.2) is 4.99 Å². The number of aryl methyl sites for hydroxylation is 1. The Balaban J connectivity index is 1.53. The lowest BCUT2D eigenvalue weighted by Crippen LogP contribution is -2.25. The number of carbonyl (C=O) groups is 1. The minimum Gasteiger partial charge on any atom is -0.497 e. The van der Waals surface area contributed by atoms with Crippen LogP contribution >= 0.6 is 11.3 Å². The van der Waals surface area contributed by atoms with Gasteiger partial charge in [-0.05, 0) is 66.6 Å². The van der Waals surface area contributed by atoms with Crippen LogP contribution in [0.4, 0.5) is 11.4 Å². The quantitative estimate of drug-likeness (QED) is 0.354. The molecule has 0 unspecified atom stereocenters. The molecular formula is C28H27N3O5S. The molecule has 9 heteroatoms. The third-order valence-corrected chi connectivity index (χ3v) is 6.94. The Labute approximate surface area is 218 Å². The molecule has 0 radical (unpaired) electrons. The van der Waals surface area contributed by atoms with E-state index in [4.69, 9.17) is 23.9 Å². The van der Waals surface area contributed by atoms with Gasteiger partial charge in [-0.2, -0.15) is 0 Å². The molecule has 0 saturated heterocycles. The zero-order chi connectivity index (χ0) is 25.8. The summed E-state index contributed by atoms with van der Waals surface area (Å²) in [7, 11) is 4.91. The Morgan fingerprint density at radius 2 is 1.78 bits per heavy atom. The first-order valence-electron chi connectivity index (χ1n) is 11.7. The molecule has 190 valence electrons. The number of aromatic nitrogens is 1. The Hall–Kier alpha value is -4.24. The monoisotopic (exact) mass is 517 g/mol. The van der Waals surface area contributed by atoms with Gasteiger partial charge in [0, 0.05) is 17.5 Å². The Bertz CT molecular complexity index is 1490. The lowest BCUT2D eigenvalue weighted by molar-refractivity contribution is -0.118. The van der Waals surface area contributed by atoms with Gasteiger partial charge in [-0.15, -0.1) is 11.3 Å². The predicted molar refractivity (Wildman–Crippen MR) is 143 cm³/mol. The van der Waals surface area contributed by atoms with Crippen molar-refractivity contribution in [1.29, 1.82) is 0 Å². The van der Waals surface area contributed by atoms with Gasteiger partial charge < -0.3 is 28.8 Å². The number of fused-ring (bicyclic) bond motifs is 1. The van der Waals surface area contributed by atoms with E-state index >= 15 is 0 Å². The number of methoxy groups -OCH3 is 3. The number of ether oxygens (including phenoxy) is 4. The highest BCUT2D eigenvalue weighted by Gasteiger charge is 2.18. The van der Waals surface area contributed by atoms with Crippen molar-refractivity contribution in [3.8, 4) is 34.3 Å². The first-order valence-corrected chi connectivity index (χ1v) is 12.6. The molecule has 1 aliphatic heterocycles. The Morgan fingerprint density at radius 1 is 0.973 bits per heavy atom. The number of anilines is 1. The van der Waals surface area contributed by atoms with Crippen molar-refractivity contribution in [3.63, 3.8) is 0 Å². The maximum absolute atomic E-state index is 11.9. The SMILES string of the molecule is COc1ccc(N=c2scc(-c3ccc4c(c3)NC(=O)CO4)n2CCc2ccc(OC)c(OC)c2)cc1. The fourth-order valence-corrected chi connectivity index (χ4v) is 5.11. The molecule has 1 N–H and O–H groups in total. The summed E-state index contributed by atoms with van der Waals surface area (Å²) in [5.41, 5.74) is 4.58. The average molecular weight is 518 g/mol. The number of hydrogen-bond donors (Lipinski definition) is 1. The van der Waals surface area contributed by atoms with Crippen LogP contribution in [0.5, 0.6) is 23.0 Å². The van der Waals surface area contributed by atoms with E-state index < -0.39 is 0 Å². The van der Waals surface area contributed by atoms with E-state index in [0.717, 1.165) is 39.5 Å². The molecule has 37 heavy (non-hydrogen) atoms. The highest BCUT2D eigenvalue weighted by atomic mass is 32.1. The summed E-state index contributed by atoms with van der Waals surface area (Å²) in [5.74, 6) is 2.68. The molecule has 3 aromatic carbocycles. The molecular weight excluding hydrogens is 490 g/mol. The van der Waals surface area contributed by atoms with Crippen molar-refractivity contribution < 1.29 is 23.7 Å². The van der Waals surface area contributed by atoms with Crippen molar-refractivity contribution >= 4 is 28.6 Å². The van der Waals surface area contributed by atoms with E-state index in [1.807, 2.05) is 60.7 Å². The number of nitrogens with one attached hydrogen (secondary N) is 1. The van der Waals surface area contributed by atoms with E-state index in [0.29, 0.717) is 29.5 Å². The van der Waals surface area contributed by atoms with Crippen LogP contribution in [0.25, 0.3) is 11.3 Å². The smallest absolute Gasteiger partial charge is 0.262 e. The van der Waals surface area contributed by atoms with Gasteiger partial charge in [0.05, 0.1) is 38.4 Å². The standard InChI is InChI=1S/C28H27N3O5S/c1-33-21-8-6-20(7-9-21)29-28-31(13-12-18-4-10-25(34-2)26(14-18)35-3)23(17-37-28)19-5-11-24-22(15-19)30-27(32)16-36-24/h4-11,14-15,17H,12-13,16H2,1-3H3,(H,30,32). The molecule has 0 fully saturated rings. The topological polar surface area (TPSA) is 83.3 Å². The van der Waals surface area contributed by atoms with E-state index in [2.05, 4.69) is 15.3 Å². The second-order valence-electron chi connectivity index (χ2n) is 8.35. The van der Waals surface area contributed by atoms with Crippen molar-refractivity contribution in [2.45, 2.75) is 13.0 Å². The predicted octanol–water partition coefficient (Wildman–Crippen LogP) is 5.05. The van der Waals surface area contributed by atoms with Crippen LogP contribution in [-0.2, 0) is 17.8 Å². The minimum absolute atomic E-state index is 0.0288. The first-order chi connectivity index (χ1) is 18.1. The lowest BCUT2D eigenvalue weighted by atomic mass is 10.1. The van der Waals surface area contributed by atoms with Crippen LogP contribution < -0.4 is 29.1 Å². The fraction of sp³-hybridized carbons (Fsp3) is 0.214. The van der Waals surface area contributed by atoms with Crippen LogP contribution in [0.15, 0.2) is 71.0 Å². The number of thiazole rings is 1. The second-order valence-corrected chi connectivity index (χ2v) is 9.19. The molecule has 1 aromatic heterocycles. The summed E-state index contributed by atoms with van der Waals surface area (Å²) in [6.45, 7) is 0.713. The van der Waals surface area contributed by atoms with E-state index in [1.165, 1.54) is 0 Å². The lowest BCUT2D eigenvalue weighted by Gasteiger charge is -2.19. The van der Waals surface area contributed by atoms with E-state index in [-0.39, 0.29) is 12.5 Å². The highest BCUT2D eigenvalue weighted by molar-refractivity contribution is 7.07. The molecule has 5 rings (SSSR count). The van der Waals surface area contributed by atoms with Crippen molar-refractivity contribution in [3.05, 3.63) is 76.4 Å². The largest absolute Gasteiger partial charge is 0.497 e. The second kappa shape index (κ2) is 10.8. The number of rotatable bonds is 8. The summed E-state index contributed by atoms with van der Waals surface area (Å²) >= 11 is 1.56. The molecule has 0 aliphatic carbocycles. The van der Waals surface area contributed by atoms with Crippen molar-refractivity contribution in [2.24, 2.45) is 4.99 Å². The normalized spacial score (nSPS) is 12.9. The van der Waals surface area contributed by atoms with Gasteiger partial charge in [-0.1, -0.05) is 6.07 Å². The minimum atomic E-state index is -0.161. The molecule has 0 saturated carbocycles. The molecule has 4 aromatic rings. The zero-order valence-electron chi connectivity index (χ0n) is 20.8. The van der Waals surface area contributed by atoms with Gasteiger partial charge in [-0.3, -0.25) is 4.79 Å². The van der Waals surface area contributed by atoms with Crippen LogP contribution in [-0.4, -0.2) is 38.4 Å². The van der Waals surface area contributed by atoms with Crippen LogP contribution in [0, 0.1) is 0 Å². The summed E-state index contributed by atoms with van der Waals surface area (Å²) in [6.07, 6.45) is 0.755. The molecule has 2 heterocycles. The summed E-state index contributed by atoms with van der Waals surface area (Å²) in [5, 5.41) is 4.98. The third kappa shape index (κ3) is 5.31. The Kier molecular flexibility index (Phi) is 7.14. The summed E-state index contributed by atoms with van der Waals surface area (Å²) < 4.78 is 23.9. The van der Waals surface area contributed by atoms with Crippen molar-refractivity contribution in [2.75, 3.05) is 33.3 Å². The van der Waals surface area contributed by atoms with Gasteiger partial charge >= 0.3 is 0 Å². The number of benzene rings is 3. The molecule has 1 aliphatic rings. The van der Waals surface area contributed by atoms with Crippen LogP contribution in [0.3, 0.4) is 0 Å². The van der Waals surface area contributed by atoms with E-state index in [1.54, 1.807) is 32.7 Å². The van der Waals surface area contributed by atoms with Crippen LogP contribution in [0.2, 0.25) is 0 Å². The van der Waals surface area contributed by atoms with E-state index in [9.17, 15) is 4.79 Å². The number of amides is 1.